The zero-order valence-corrected chi connectivity index (χ0v) is 13.7. The van der Waals surface area contributed by atoms with E-state index < -0.39 is 0 Å². The molecule has 0 atom stereocenters. The monoisotopic (exact) mass is 308 g/mol. The quantitative estimate of drug-likeness (QED) is 0.761. The van der Waals surface area contributed by atoms with Gasteiger partial charge < -0.3 is 4.57 Å². The first kappa shape index (κ1) is 14.3. The van der Waals surface area contributed by atoms with E-state index in [9.17, 15) is 0 Å². The van der Waals surface area contributed by atoms with Gasteiger partial charge in [-0.3, -0.25) is 0 Å². The molecule has 1 aromatic carbocycles. The third-order valence-corrected chi connectivity index (χ3v) is 6.11. The zero-order chi connectivity index (χ0) is 14.2. The summed E-state index contributed by atoms with van der Waals surface area (Å²) in [6.07, 6.45) is 7.09. The summed E-state index contributed by atoms with van der Waals surface area (Å²) in [5.74, 6) is 1.78. The number of halogens is 1. The zero-order valence-electron chi connectivity index (χ0n) is 12.2. The number of hydrogen-bond acceptors (Lipinski definition) is 2. The highest BCUT2D eigenvalue weighted by Crippen LogP contribution is 2.44. The number of aromatic nitrogens is 2. The fraction of sp³-hybridized carbons (Fsp3) is 0.562. The molecular formula is C16H21ClN2S. The number of fused-ring (bicyclic) bond motifs is 1. The lowest BCUT2D eigenvalue weighted by atomic mass is 9.84. The SMILES string of the molecule is CSC1(Cn2c(CCCl)nc3c(C)cccc32)CCC1. The Balaban J connectivity index is 2.07. The van der Waals surface area contributed by atoms with E-state index >= 15 is 0 Å². The van der Waals surface area contributed by atoms with Crippen molar-refractivity contribution in [2.75, 3.05) is 12.1 Å². The molecule has 1 heterocycles. The molecule has 1 aliphatic carbocycles. The molecule has 0 amide bonds. The van der Waals surface area contributed by atoms with Gasteiger partial charge in [0.25, 0.3) is 0 Å². The lowest BCUT2D eigenvalue weighted by Crippen LogP contribution is -2.38. The molecule has 1 fully saturated rings. The van der Waals surface area contributed by atoms with Gasteiger partial charge in [0.1, 0.15) is 5.82 Å². The van der Waals surface area contributed by atoms with Crippen LogP contribution in [0.3, 0.4) is 0 Å². The predicted octanol–water partition coefficient (Wildman–Crippen LogP) is 4.41. The highest BCUT2D eigenvalue weighted by Gasteiger charge is 2.37. The summed E-state index contributed by atoms with van der Waals surface area (Å²) in [5, 5.41) is 0. The first-order valence-corrected chi connectivity index (χ1v) is 9.01. The highest BCUT2D eigenvalue weighted by atomic mass is 35.5. The molecule has 0 unspecified atom stereocenters. The van der Waals surface area contributed by atoms with Crippen LogP contribution < -0.4 is 0 Å². The van der Waals surface area contributed by atoms with Crippen LogP contribution in [0.25, 0.3) is 11.0 Å². The van der Waals surface area contributed by atoms with Gasteiger partial charge in [-0.15, -0.1) is 11.6 Å². The maximum absolute atomic E-state index is 5.97. The normalized spacial score (nSPS) is 17.4. The molecule has 0 aliphatic heterocycles. The van der Waals surface area contributed by atoms with Crippen molar-refractivity contribution < 1.29 is 0 Å². The van der Waals surface area contributed by atoms with E-state index in [1.165, 1.54) is 30.3 Å². The van der Waals surface area contributed by atoms with E-state index in [1.54, 1.807) is 0 Å². The summed E-state index contributed by atoms with van der Waals surface area (Å²) in [6, 6.07) is 6.46. The highest BCUT2D eigenvalue weighted by molar-refractivity contribution is 8.00. The summed E-state index contributed by atoms with van der Waals surface area (Å²) in [4.78, 5) is 4.85. The van der Waals surface area contributed by atoms with Crippen molar-refractivity contribution in [3.63, 3.8) is 0 Å². The molecule has 2 aromatic rings. The van der Waals surface area contributed by atoms with E-state index in [-0.39, 0.29) is 0 Å². The largest absolute Gasteiger partial charge is 0.327 e. The molecule has 0 saturated heterocycles. The van der Waals surface area contributed by atoms with Gasteiger partial charge in [-0.25, -0.2) is 4.98 Å². The van der Waals surface area contributed by atoms with E-state index in [2.05, 4.69) is 35.9 Å². The fourth-order valence-electron chi connectivity index (χ4n) is 3.07. The smallest absolute Gasteiger partial charge is 0.111 e. The molecule has 1 saturated carbocycles. The number of hydrogen-bond donors (Lipinski definition) is 0. The second-order valence-corrected chi connectivity index (χ2v) is 7.39. The van der Waals surface area contributed by atoms with Crippen molar-refractivity contribution in [2.45, 2.75) is 43.9 Å². The van der Waals surface area contributed by atoms with E-state index in [0.717, 1.165) is 24.3 Å². The summed E-state index contributed by atoms with van der Waals surface area (Å²) in [7, 11) is 0. The minimum atomic E-state index is 0.415. The van der Waals surface area contributed by atoms with Crippen LogP contribution in [0.5, 0.6) is 0 Å². The molecule has 20 heavy (non-hydrogen) atoms. The molecule has 2 nitrogen and oxygen atoms in total. The lowest BCUT2D eigenvalue weighted by molar-refractivity contribution is 0.322. The number of nitrogens with zero attached hydrogens (tertiary/aromatic N) is 2. The third-order valence-electron chi connectivity index (χ3n) is 4.52. The Hall–Kier alpha value is -0.670. The van der Waals surface area contributed by atoms with Gasteiger partial charge in [0.15, 0.2) is 0 Å². The molecule has 0 spiro atoms. The van der Waals surface area contributed by atoms with E-state index in [0.29, 0.717) is 10.6 Å². The molecule has 4 heteroatoms. The number of rotatable bonds is 5. The van der Waals surface area contributed by atoms with Gasteiger partial charge in [0.05, 0.1) is 11.0 Å². The van der Waals surface area contributed by atoms with Gasteiger partial charge in [-0.1, -0.05) is 18.6 Å². The standard InChI is InChI=1S/C16H21ClN2S/c1-12-5-3-6-13-15(12)18-14(7-10-17)19(13)11-16(20-2)8-4-9-16/h3,5-6H,4,7-11H2,1-2H3. The van der Waals surface area contributed by atoms with Crippen LogP contribution in [-0.4, -0.2) is 26.4 Å². The fourth-order valence-corrected chi connectivity index (χ4v) is 4.20. The third kappa shape index (κ3) is 2.35. The Kier molecular flexibility index (Phi) is 4.00. The van der Waals surface area contributed by atoms with E-state index in [4.69, 9.17) is 16.6 Å². The van der Waals surface area contributed by atoms with Crippen molar-refractivity contribution in [3.05, 3.63) is 29.6 Å². The molecular weight excluding hydrogens is 288 g/mol. The van der Waals surface area contributed by atoms with Gasteiger partial charge in [-0.05, 0) is 37.7 Å². The summed E-state index contributed by atoms with van der Waals surface area (Å²) < 4.78 is 2.83. The Morgan fingerprint density at radius 3 is 2.80 bits per heavy atom. The number of benzene rings is 1. The van der Waals surface area contributed by atoms with Crippen molar-refractivity contribution in [3.8, 4) is 0 Å². The number of aryl methyl sites for hydroxylation is 2. The second-order valence-electron chi connectivity index (χ2n) is 5.74. The van der Waals surface area contributed by atoms with Crippen LogP contribution in [0.4, 0.5) is 0 Å². The average molecular weight is 309 g/mol. The molecule has 3 rings (SSSR count). The molecule has 1 aliphatic rings. The number of alkyl halides is 1. The van der Waals surface area contributed by atoms with Crippen LogP contribution in [0.2, 0.25) is 0 Å². The minimum Gasteiger partial charge on any atom is -0.327 e. The Bertz CT molecular complexity index is 611. The molecule has 108 valence electrons. The van der Waals surface area contributed by atoms with Crippen molar-refractivity contribution in [1.29, 1.82) is 0 Å². The van der Waals surface area contributed by atoms with Gasteiger partial charge in [0, 0.05) is 23.6 Å². The molecule has 1 aromatic heterocycles. The molecule has 0 bridgehead atoms. The first-order valence-electron chi connectivity index (χ1n) is 7.25. The summed E-state index contributed by atoms with van der Waals surface area (Å²) in [6.45, 7) is 3.21. The van der Waals surface area contributed by atoms with Crippen LogP contribution >= 0.6 is 23.4 Å². The first-order chi connectivity index (χ1) is 9.69. The summed E-state index contributed by atoms with van der Waals surface area (Å²) >= 11 is 7.99. The lowest BCUT2D eigenvalue weighted by Gasteiger charge is -2.41. The Morgan fingerprint density at radius 1 is 1.40 bits per heavy atom. The Labute approximate surface area is 129 Å². The van der Waals surface area contributed by atoms with E-state index in [1.807, 2.05) is 11.8 Å². The van der Waals surface area contributed by atoms with Crippen LogP contribution in [0.1, 0.15) is 30.7 Å². The number of imidazole rings is 1. The average Bonchev–Trinajstić information content (AvgIpc) is 2.74. The number of thioether (sulfide) groups is 1. The molecule has 0 radical (unpaired) electrons. The van der Waals surface area contributed by atoms with Gasteiger partial charge in [0.2, 0.25) is 0 Å². The summed E-state index contributed by atoms with van der Waals surface area (Å²) in [5.41, 5.74) is 3.66. The topological polar surface area (TPSA) is 17.8 Å². The van der Waals surface area contributed by atoms with Crippen molar-refractivity contribution in [2.24, 2.45) is 0 Å². The van der Waals surface area contributed by atoms with Crippen LogP contribution in [0, 0.1) is 6.92 Å². The maximum Gasteiger partial charge on any atom is 0.111 e. The maximum atomic E-state index is 5.97. The van der Waals surface area contributed by atoms with Crippen molar-refractivity contribution in [1.82, 2.24) is 9.55 Å². The number of para-hydroxylation sites is 1. The van der Waals surface area contributed by atoms with Gasteiger partial charge in [-0.2, -0.15) is 11.8 Å². The molecule has 0 N–H and O–H groups in total. The van der Waals surface area contributed by atoms with Crippen LogP contribution in [0.15, 0.2) is 18.2 Å². The van der Waals surface area contributed by atoms with Crippen LogP contribution in [-0.2, 0) is 13.0 Å². The van der Waals surface area contributed by atoms with Gasteiger partial charge >= 0.3 is 0 Å². The Morgan fingerprint density at radius 2 is 2.20 bits per heavy atom. The predicted molar refractivity (Wildman–Crippen MR) is 89.0 cm³/mol. The van der Waals surface area contributed by atoms with Crippen molar-refractivity contribution >= 4 is 34.4 Å². The second kappa shape index (κ2) is 5.61. The minimum absolute atomic E-state index is 0.415.